The molecule has 2 aromatic rings. The number of hydrogen-bond donors (Lipinski definition) is 2. The maximum absolute atomic E-state index is 6.06. The summed E-state index contributed by atoms with van der Waals surface area (Å²) in [6.45, 7) is 2.58. The summed E-state index contributed by atoms with van der Waals surface area (Å²) in [6, 6.07) is 13.2. The van der Waals surface area contributed by atoms with Crippen molar-refractivity contribution in [1.29, 1.82) is 0 Å². The van der Waals surface area contributed by atoms with Crippen LogP contribution in [0.3, 0.4) is 0 Å². The molecule has 1 unspecified atom stereocenters. The highest BCUT2D eigenvalue weighted by atomic mass is 35.5. The Labute approximate surface area is 129 Å². The first-order valence-electron chi connectivity index (χ1n) is 6.72. The summed E-state index contributed by atoms with van der Waals surface area (Å²) in [5.41, 5.74) is 4.79. The summed E-state index contributed by atoms with van der Waals surface area (Å²) in [7, 11) is 1.59. The van der Waals surface area contributed by atoms with Crippen molar-refractivity contribution in [3.8, 4) is 11.5 Å². The van der Waals surface area contributed by atoms with Crippen LogP contribution in [0.1, 0.15) is 24.1 Å². The van der Waals surface area contributed by atoms with Crippen LogP contribution >= 0.6 is 11.6 Å². The van der Waals surface area contributed by atoms with Gasteiger partial charge in [-0.25, -0.2) is 5.43 Å². The molecule has 0 amide bonds. The van der Waals surface area contributed by atoms with Crippen molar-refractivity contribution in [2.75, 3.05) is 13.7 Å². The van der Waals surface area contributed by atoms with Gasteiger partial charge in [-0.3, -0.25) is 5.84 Å². The zero-order valence-electron chi connectivity index (χ0n) is 12.1. The number of methoxy groups -OCH3 is 1. The fourth-order valence-corrected chi connectivity index (χ4v) is 2.39. The number of benzene rings is 2. The van der Waals surface area contributed by atoms with E-state index in [1.54, 1.807) is 13.2 Å². The first-order valence-corrected chi connectivity index (χ1v) is 7.09. The van der Waals surface area contributed by atoms with Crippen LogP contribution in [-0.2, 0) is 0 Å². The van der Waals surface area contributed by atoms with Crippen molar-refractivity contribution in [3.05, 3.63) is 58.6 Å². The smallest absolute Gasteiger partial charge is 0.137 e. The van der Waals surface area contributed by atoms with Gasteiger partial charge in [-0.2, -0.15) is 0 Å². The number of ether oxygens (including phenoxy) is 2. The molecular weight excluding hydrogens is 288 g/mol. The van der Waals surface area contributed by atoms with E-state index in [0.29, 0.717) is 17.4 Å². The van der Waals surface area contributed by atoms with Crippen molar-refractivity contribution in [2.45, 2.75) is 13.0 Å². The van der Waals surface area contributed by atoms with Gasteiger partial charge in [0, 0.05) is 0 Å². The predicted molar refractivity (Wildman–Crippen MR) is 84.8 cm³/mol. The third-order valence-corrected chi connectivity index (χ3v) is 3.49. The molecule has 0 aromatic heterocycles. The van der Waals surface area contributed by atoms with Crippen molar-refractivity contribution in [3.63, 3.8) is 0 Å². The van der Waals surface area contributed by atoms with Gasteiger partial charge in [-0.1, -0.05) is 29.8 Å². The zero-order valence-corrected chi connectivity index (χ0v) is 12.9. The van der Waals surface area contributed by atoms with E-state index in [2.05, 4.69) is 5.43 Å². The quantitative estimate of drug-likeness (QED) is 0.635. The summed E-state index contributed by atoms with van der Waals surface area (Å²) in [4.78, 5) is 0. The molecule has 0 aliphatic heterocycles. The Kier molecular flexibility index (Phi) is 5.44. The molecule has 0 spiro atoms. The van der Waals surface area contributed by atoms with Crippen molar-refractivity contribution < 1.29 is 9.47 Å². The molecule has 0 saturated heterocycles. The fourth-order valence-electron chi connectivity index (χ4n) is 2.19. The summed E-state index contributed by atoms with van der Waals surface area (Å²) < 4.78 is 10.8. The van der Waals surface area contributed by atoms with Gasteiger partial charge in [0.2, 0.25) is 0 Å². The highest BCUT2D eigenvalue weighted by molar-refractivity contribution is 6.32. The Morgan fingerprint density at radius 1 is 1.19 bits per heavy atom. The van der Waals surface area contributed by atoms with Crippen LogP contribution in [0.4, 0.5) is 0 Å². The molecule has 0 saturated carbocycles. The third kappa shape index (κ3) is 3.67. The predicted octanol–water partition coefficient (Wildman–Crippen LogP) is 3.30. The molecule has 0 radical (unpaired) electrons. The van der Waals surface area contributed by atoms with E-state index in [4.69, 9.17) is 26.9 Å². The lowest BCUT2D eigenvalue weighted by atomic mass is 9.99. The van der Waals surface area contributed by atoms with Crippen LogP contribution in [0.25, 0.3) is 0 Å². The second-order valence-corrected chi connectivity index (χ2v) is 4.91. The molecule has 1 atom stereocenters. The SMILES string of the molecule is CCOc1cccc(C(NN)c2ccc(Cl)c(OC)c2)c1. The average Bonchev–Trinajstić information content (AvgIpc) is 2.50. The van der Waals surface area contributed by atoms with E-state index in [0.717, 1.165) is 16.9 Å². The molecule has 5 heteroatoms. The fraction of sp³-hybridized carbons (Fsp3) is 0.250. The molecule has 0 bridgehead atoms. The number of hydrazine groups is 1. The van der Waals surface area contributed by atoms with E-state index in [-0.39, 0.29) is 6.04 Å². The Bertz CT molecular complexity index is 605. The molecule has 0 aliphatic carbocycles. The minimum Gasteiger partial charge on any atom is -0.495 e. The number of hydrogen-bond acceptors (Lipinski definition) is 4. The molecule has 112 valence electrons. The third-order valence-electron chi connectivity index (χ3n) is 3.18. The average molecular weight is 307 g/mol. The van der Waals surface area contributed by atoms with Gasteiger partial charge >= 0.3 is 0 Å². The number of rotatable bonds is 6. The lowest BCUT2D eigenvalue weighted by Gasteiger charge is -2.19. The Morgan fingerprint density at radius 2 is 1.95 bits per heavy atom. The first kappa shape index (κ1) is 15.6. The van der Waals surface area contributed by atoms with E-state index < -0.39 is 0 Å². The van der Waals surface area contributed by atoms with Crippen LogP contribution in [-0.4, -0.2) is 13.7 Å². The zero-order chi connectivity index (χ0) is 15.2. The van der Waals surface area contributed by atoms with Gasteiger partial charge in [-0.15, -0.1) is 0 Å². The molecule has 3 N–H and O–H groups in total. The van der Waals surface area contributed by atoms with Crippen LogP contribution in [0.2, 0.25) is 5.02 Å². The Balaban J connectivity index is 2.37. The Hall–Kier alpha value is -1.75. The first-order chi connectivity index (χ1) is 10.2. The summed E-state index contributed by atoms with van der Waals surface area (Å²) in [6.07, 6.45) is 0. The molecular formula is C16H19ClN2O2. The highest BCUT2D eigenvalue weighted by Crippen LogP contribution is 2.31. The molecule has 0 heterocycles. The molecule has 4 nitrogen and oxygen atoms in total. The number of nitrogens with one attached hydrogen (secondary N) is 1. The van der Waals surface area contributed by atoms with Crippen molar-refractivity contribution in [1.82, 2.24) is 5.43 Å². The topological polar surface area (TPSA) is 56.5 Å². The lowest BCUT2D eigenvalue weighted by molar-refractivity contribution is 0.339. The van der Waals surface area contributed by atoms with Gasteiger partial charge in [0.1, 0.15) is 11.5 Å². The number of nitrogens with two attached hydrogens (primary N) is 1. The normalized spacial score (nSPS) is 12.0. The largest absolute Gasteiger partial charge is 0.495 e. The maximum Gasteiger partial charge on any atom is 0.137 e. The monoisotopic (exact) mass is 306 g/mol. The van der Waals surface area contributed by atoms with Gasteiger partial charge < -0.3 is 9.47 Å². The molecule has 0 fully saturated rings. The van der Waals surface area contributed by atoms with E-state index >= 15 is 0 Å². The van der Waals surface area contributed by atoms with Gasteiger partial charge in [0.15, 0.2) is 0 Å². The highest BCUT2D eigenvalue weighted by Gasteiger charge is 2.15. The van der Waals surface area contributed by atoms with E-state index in [1.807, 2.05) is 43.3 Å². The second-order valence-electron chi connectivity index (χ2n) is 4.50. The molecule has 21 heavy (non-hydrogen) atoms. The second kappa shape index (κ2) is 7.31. The van der Waals surface area contributed by atoms with Crippen molar-refractivity contribution in [2.24, 2.45) is 5.84 Å². The standard InChI is InChI=1S/C16H19ClN2O2/c1-3-21-13-6-4-5-11(9-13)16(19-18)12-7-8-14(17)15(10-12)20-2/h4-10,16,19H,3,18H2,1-2H3. The van der Waals surface area contributed by atoms with E-state index in [9.17, 15) is 0 Å². The minimum absolute atomic E-state index is 0.170. The van der Waals surface area contributed by atoms with Crippen LogP contribution in [0.5, 0.6) is 11.5 Å². The molecule has 0 aliphatic rings. The maximum atomic E-state index is 6.06. The molecule has 2 aromatic carbocycles. The van der Waals surface area contributed by atoms with E-state index in [1.165, 1.54) is 0 Å². The van der Waals surface area contributed by atoms with Crippen molar-refractivity contribution >= 4 is 11.6 Å². The summed E-state index contributed by atoms with van der Waals surface area (Å²) in [5, 5.41) is 0.570. The lowest BCUT2D eigenvalue weighted by Crippen LogP contribution is -2.28. The van der Waals surface area contributed by atoms with Gasteiger partial charge in [-0.05, 0) is 42.3 Å². The number of halogens is 1. The van der Waals surface area contributed by atoms with Crippen LogP contribution < -0.4 is 20.7 Å². The Morgan fingerprint density at radius 3 is 2.62 bits per heavy atom. The molecule has 2 rings (SSSR count). The van der Waals surface area contributed by atoms with Gasteiger partial charge in [0.05, 0.1) is 24.8 Å². The van der Waals surface area contributed by atoms with Crippen LogP contribution in [0.15, 0.2) is 42.5 Å². The summed E-state index contributed by atoms with van der Waals surface area (Å²) in [5.74, 6) is 7.16. The summed E-state index contributed by atoms with van der Waals surface area (Å²) >= 11 is 6.06. The minimum atomic E-state index is -0.170. The van der Waals surface area contributed by atoms with Crippen LogP contribution in [0, 0.1) is 0 Å². The van der Waals surface area contributed by atoms with Gasteiger partial charge in [0.25, 0.3) is 0 Å².